The molecule has 4 aromatic rings. The molecule has 1 aromatic heterocycles. The Hall–Kier alpha value is -4.65. The molecule has 3 N–H and O–H groups in total. The Morgan fingerprint density at radius 2 is 1.62 bits per heavy atom. The van der Waals surface area contributed by atoms with Gasteiger partial charge in [-0.05, 0) is 42.0 Å². The highest BCUT2D eigenvalue weighted by Gasteiger charge is 2.14. The minimum absolute atomic E-state index is 0.0857. The molecule has 4 rings (SSSR count). The average molecular weight is 452 g/mol. The number of hydrazone groups is 1. The number of benzene rings is 3. The maximum atomic E-state index is 13.0. The van der Waals surface area contributed by atoms with Crippen LogP contribution in [-0.4, -0.2) is 37.1 Å². The van der Waals surface area contributed by atoms with E-state index in [0.29, 0.717) is 5.56 Å². The van der Waals surface area contributed by atoms with Gasteiger partial charge in [-0.1, -0.05) is 48.5 Å². The maximum absolute atomic E-state index is 13.0. The number of amides is 2. The number of rotatable bonds is 7. The summed E-state index contributed by atoms with van der Waals surface area (Å²) in [5.41, 5.74) is 6.67. The monoisotopic (exact) mass is 451 g/mol. The van der Waals surface area contributed by atoms with E-state index in [-0.39, 0.29) is 11.6 Å². The van der Waals surface area contributed by atoms with Crippen molar-refractivity contribution in [1.82, 2.24) is 15.7 Å². The van der Waals surface area contributed by atoms with Crippen molar-refractivity contribution in [3.63, 3.8) is 0 Å². The smallest absolute Gasteiger partial charge is 0.287 e. The standard InChI is InChI=1S/C27H25N5O2/c1-32(2)22-14-12-19(13-15-22)16-25(30-26(33)20-8-4-3-5-9-20)27(34)31-29-18-21-17-28-24-11-7-6-10-23(21)24/h3-18,28H,1-2H3,(H,30,33)(H,31,34)/b25-16+,29-18+. The van der Waals surface area contributed by atoms with E-state index in [9.17, 15) is 9.59 Å². The molecule has 0 atom stereocenters. The Labute approximate surface area is 197 Å². The number of aromatic amines is 1. The molecule has 0 spiro atoms. The number of aromatic nitrogens is 1. The van der Waals surface area contributed by atoms with Crippen LogP contribution in [0, 0.1) is 0 Å². The van der Waals surface area contributed by atoms with Crippen LogP contribution in [0.2, 0.25) is 0 Å². The van der Waals surface area contributed by atoms with Crippen LogP contribution in [0.25, 0.3) is 17.0 Å². The Morgan fingerprint density at radius 1 is 0.912 bits per heavy atom. The van der Waals surface area contributed by atoms with Crippen LogP contribution in [0.3, 0.4) is 0 Å². The van der Waals surface area contributed by atoms with E-state index in [4.69, 9.17) is 0 Å². The first kappa shape index (κ1) is 22.5. The second-order valence-electron chi connectivity index (χ2n) is 7.85. The molecule has 0 fully saturated rings. The van der Waals surface area contributed by atoms with Gasteiger partial charge >= 0.3 is 0 Å². The zero-order valence-electron chi connectivity index (χ0n) is 18.9. The fourth-order valence-electron chi connectivity index (χ4n) is 3.40. The van der Waals surface area contributed by atoms with Crippen molar-refractivity contribution in [2.75, 3.05) is 19.0 Å². The number of fused-ring (bicyclic) bond motifs is 1. The highest BCUT2D eigenvalue weighted by Crippen LogP contribution is 2.16. The van der Waals surface area contributed by atoms with Gasteiger partial charge in [-0.25, -0.2) is 5.43 Å². The van der Waals surface area contributed by atoms with E-state index in [1.165, 1.54) is 0 Å². The minimum Gasteiger partial charge on any atom is -0.378 e. The summed E-state index contributed by atoms with van der Waals surface area (Å²) < 4.78 is 0. The zero-order chi connectivity index (χ0) is 23.9. The summed E-state index contributed by atoms with van der Waals surface area (Å²) in [6.07, 6.45) is 5.01. The number of para-hydroxylation sites is 1. The first-order valence-corrected chi connectivity index (χ1v) is 10.8. The molecule has 0 radical (unpaired) electrons. The van der Waals surface area contributed by atoms with Crippen LogP contribution >= 0.6 is 0 Å². The Balaban J connectivity index is 1.55. The van der Waals surface area contributed by atoms with Crippen molar-refractivity contribution in [3.8, 4) is 0 Å². The fraction of sp³-hybridized carbons (Fsp3) is 0.0741. The number of anilines is 1. The van der Waals surface area contributed by atoms with Crippen molar-refractivity contribution >= 4 is 40.7 Å². The lowest BCUT2D eigenvalue weighted by Crippen LogP contribution is -2.32. The molecule has 0 saturated carbocycles. The fourth-order valence-corrected chi connectivity index (χ4v) is 3.40. The molecule has 0 aliphatic heterocycles. The molecule has 0 bridgehead atoms. The van der Waals surface area contributed by atoms with Gasteiger partial charge in [-0.3, -0.25) is 9.59 Å². The summed E-state index contributed by atoms with van der Waals surface area (Å²) in [7, 11) is 3.91. The lowest BCUT2D eigenvalue weighted by atomic mass is 10.1. The molecule has 0 aliphatic rings. The van der Waals surface area contributed by atoms with Crippen molar-refractivity contribution in [1.29, 1.82) is 0 Å². The van der Waals surface area contributed by atoms with Crippen LogP contribution in [0.1, 0.15) is 21.5 Å². The predicted octanol–water partition coefficient (Wildman–Crippen LogP) is 4.16. The van der Waals surface area contributed by atoms with Gasteiger partial charge in [0.25, 0.3) is 11.8 Å². The first-order chi connectivity index (χ1) is 16.5. The lowest BCUT2D eigenvalue weighted by molar-refractivity contribution is -0.117. The molecule has 7 heteroatoms. The third kappa shape index (κ3) is 5.39. The van der Waals surface area contributed by atoms with Crippen molar-refractivity contribution in [2.24, 2.45) is 5.10 Å². The van der Waals surface area contributed by atoms with Gasteiger partial charge in [0, 0.05) is 48.0 Å². The molecule has 0 saturated heterocycles. The first-order valence-electron chi connectivity index (χ1n) is 10.8. The highest BCUT2D eigenvalue weighted by molar-refractivity contribution is 6.06. The zero-order valence-corrected chi connectivity index (χ0v) is 18.9. The van der Waals surface area contributed by atoms with Crippen LogP contribution < -0.4 is 15.6 Å². The maximum Gasteiger partial charge on any atom is 0.287 e. The van der Waals surface area contributed by atoms with Gasteiger partial charge in [0.1, 0.15) is 5.70 Å². The SMILES string of the molecule is CN(C)c1ccc(/C=C(/NC(=O)c2ccccc2)C(=O)N/N=C/c2c[nH]c3ccccc23)cc1. The number of hydrogen-bond donors (Lipinski definition) is 3. The number of H-pyrrole nitrogens is 1. The molecule has 0 unspecified atom stereocenters. The Bertz CT molecular complexity index is 1350. The second kappa shape index (κ2) is 10.3. The normalized spacial score (nSPS) is 11.5. The third-order valence-corrected chi connectivity index (χ3v) is 5.24. The van der Waals surface area contributed by atoms with Crippen LogP contribution in [0.5, 0.6) is 0 Å². The predicted molar refractivity (Wildman–Crippen MR) is 137 cm³/mol. The van der Waals surface area contributed by atoms with E-state index in [0.717, 1.165) is 27.7 Å². The molecule has 2 amide bonds. The van der Waals surface area contributed by atoms with Gasteiger partial charge in [0.05, 0.1) is 6.21 Å². The second-order valence-corrected chi connectivity index (χ2v) is 7.85. The quantitative estimate of drug-likeness (QED) is 0.224. The van der Waals surface area contributed by atoms with Crippen LogP contribution in [-0.2, 0) is 4.79 Å². The van der Waals surface area contributed by atoms with E-state index in [2.05, 4.69) is 20.8 Å². The molecule has 3 aromatic carbocycles. The van der Waals surface area contributed by atoms with Crippen LogP contribution in [0.4, 0.5) is 5.69 Å². The molecule has 1 heterocycles. The minimum atomic E-state index is -0.531. The third-order valence-electron chi connectivity index (χ3n) is 5.24. The largest absolute Gasteiger partial charge is 0.378 e. The number of carbonyl (C=O) groups excluding carboxylic acids is 2. The molecule has 34 heavy (non-hydrogen) atoms. The molecule has 0 aliphatic carbocycles. The number of nitrogens with one attached hydrogen (secondary N) is 3. The molecule has 7 nitrogen and oxygen atoms in total. The number of hydrogen-bond acceptors (Lipinski definition) is 4. The van der Waals surface area contributed by atoms with E-state index < -0.39 is 5.91 Å². The van der Waals surface area contributed by atoms with E-state index in [1.54, 1.807) is 36.6 Å². The summed E-state index contributed by atoms with van der Waals surface area (Å²) in [6.45, 7) is 0. The molecular formula is C27H25N5O2. The van der Waals surface area contributed by atoms with Gasteiger partial charge in [0.2, 0.25) is 0 Å². The Kier molecular flexibility index (Phi) is 6.84. The Morgan fingerprint density at radius 3 is 2.35 bits per heavy atom. The topological polar surface area (TPSA) is 89.6 Å². The van der Waals surface area contributed by atoms with Gasteiger partial charge in [-0.15, -0.1) is 0 Å². The number of carbonyl (C=O) groups is 2. The van der Waals surface area contributed by atoms with Crippen LogP contribution in [0.15, 0.2) is 95.9 Å². The summed E-state index contributed by atoms with van der Waals surface area (Å²) in [4.78, 5) is 30.8. The van der Waals surface area contributed by atoms with E-state index >= 15 is 0 Å². The average Bonchev–Trinajstić information content (AvgIpc) is 3.27. The van der Waals surface area contributed by atoms with E-state index in [1.807, 2.05) is 79.8 Å². The van der Waals surface area contributed by atoms with Gasteiger partial charge in [0.15, 0.2) is 0 Å². The summed E-state index contributed by atoms with van der Waals surface area (Å²) in [6, 6.07) is 24.2. The molecule has 170 valence electrons. The summed E-state index contributed by atoms with van der Waals surface area (Å²) in [5, 5.41) is 7.81. The van der Waals surface area contributed by atoms with Crippen molar-refractivity contribution in [2.45, 2.75) is 0 Å². The van der Waals surface area contributed by atoms with Crippen molar-refractivity contribution < 1.29 is 9.59 Å². The summed E-state index contributed by atoms with van der Waals surface area (Å²) in [5.74, 6) is -0.912. The van der Waals surface area contributed by atoms with Crippen molar-refractivity contribution in [3.05, 3.63) is 107 Å². The summed E-state index contributed by atoms with van der Waals surface area (Å²) >= 11 is 0. The van der Waals surface area contributed by atoms with Gasteiger partial charge < -0.3 is 15.2 Å². The lowest BCUT2D eigenvalue weighted by Gasteiger charge is -2.12. The van der Waals surface area contributed by atoms with Gasteiger partial charge in [-0.2, -0.15) is 5.10 Å². The highest BCUT2D eigenvalue weighted by atomic mass is 16.2. The molecular weight excluding hydrogens is 426 g/mol. The number of nitrogens with zero attached hydrogens (tertiary/aromatic N) is 2.